The highest BCUT2D eigenvalue weighted by Crippen LogP contribution is 2.27. The molecule has 2 aromatic heterocycles. The predicted octanol–water partition coefficient (Wildman–Crippen LogP) is 5.17. The second-order valence-corrected chi connectivity index (χ2v) is 8.33. The number of thioether (sulfide) groups is 1. The molecule has 4 aromatic rings. The van der Waals surface area contributed by atoms with Crippen LogP contribution in [-0.2, 0) is 4.79 Å². The minimum Gasteiger partial charge on any atom is -0.310 e. The van der Waals surface area contributed by atoms with Crippen LogP contribution < -0.4 is 5.32 Å². The van der Waals surface area contributed by atoms with Gasteiger partial charge in [0.1, 0.15) is 5.82 Å². The summed E-state index contributed by atoms with van der Waals surface area (Å²) in [6.45, 7) is 1.89. The van der Waals surface area contributed by atoms with Gasteiger partial charge in [-0.25, -0.2) is 4.98 Å². The number of nitrogens with one attached hydrogen (secondary N) is 1. The maximum atomic E-state index is 12.4. The summed E-state index contributed by atoms with van der Waals surface area (Å²) in [4.78, 5) is 18.0. The molecule has 2 aromatic carbocycles. The normalized spacial score (nSPS) is 11.0. The number of hydrogen-bond acceptors (Lipinski definition) is 5. The average molecular weight is 415 g/mol. The largest absolute Gasteiger partial charge is 0.310 e. The summed E-state index contributed by atoms with van der Waals surface area (Å²) >= 11 is 8.88. The second-order valence-electron chi connectivity index (χ2n) is 5.84. The Kier molecular flexibility index (Phi) is 5.15. The lowest BCUT2D eigenvalue weighted by molar-refractivity contribution is -0.113. The van der Waals surface area contributed by atoms with E-state index in [9.17, 15) is 4.79 Å². The van der Waals surface area contributed by atoms with Crippen molar-refractivity contribution in [3.63, 3.8) is 0 Å². The van der Waals surface area contributed by atoms with E-state index in [0.29, 0.717) is 16.6 Å². The van der Waals surface area contributed by atoms with Gasteiger partial charge in [-0.05, 0) is 43.3 Å². The number of anilines is 1. The van der Waals surface area contributed by atoms with E-state index in [2.05, 4.69) is 15.4 Å². The zero-order valence-electron chi connectivity index (χ0n) is 14.3. The first-order valence-corrected chi connectivity index (χ1v) is 10.4. The Hall–Kier alpha value is -2.35. The number of rotatable bonds is 5. The van der Waals surface area contributed by atoms with Crippen molar-refractivity contribution in [1.82, 2.24) is 14.8 Å². The number of hydrogen-bond donors (Lipinski definition) is 1. The molecule has 0 bridgehead atoms. The van der Waals surface area contributed by atoms with Crippen molar-refractivity contribution in [3.8, 4) is 5.13 Å². The van der Waals surface area contributed by atoms with Gasteiger partial charge in [0, 0.05) is 16.0 Å². The molecule has 2 heterocycles. The Morgan fingerprint density at radius 1 is 1.22 bits per heavy atom. The van der Waals surface area contributed by atoms with Crippen LogP contribution in [-0.4, -0.2) is 26.4 Å². The van der Waals surface area contributed by atoms with E-state index in [1.807, 2.05) is 61.5 Å². The van der Waals surface area contributed by atoms with Crippen LogP contribution in [0.25, 0.3) is 15.3 Å². The Labute approximate surface area is 169 Å². The average Bonchev–Trinajstić information content (AvgIpc) is 3.24. The Bertz CT molecular complexity index is 1070. The van der Waals surface area contributed by atoms with Crippen LogP contribution in [0.1, 0.15) is 5.69 Å². The standard InChI is InChI=1S/C19H15ClN4OS2/c1-12-10-17(22-18(25)11-26-14-8-6-13(20)7-9-14)24(23-12)19-21-15-4-2-3-5-16(15)27-19/h2-10H,11H2,1H3,(H,22,25). The Morgan fingerprint density at radius 2 is 2.00 bits per heavy atom. The van der Waals surface area contributed by atoms with E-state index in [4.69, 9.17) is 11.6 Å². The zero-order valence-corrected chi connectivity index (χ0v) is 16.7. The molecule has 27 heavy (non-hydrogen) atoms. The molecule has 5 nitrogen and oxygen atoms in total. The first kappa shape index (κ1) is 18.0. The third-order valence-corrected chi connectivity index (χ3v) is 6.02. The monoisotopic (exact) mass is 414 g/mol. The van der Waals surface area contributed by atoms with Gasteiger partial charge in [0.2, 0.25) is 11.0 Å². The number of amides is 1. The zero-order chi connectivity index (χ0) is 18.8. The second kappa shape index (κ2) is 7.72. The van der Waals surface area contributed by atoms with Crippen molar-refractivity contribution in [2.75, 3.05) is 11.1 Å². The molecule has 0 aliphatic rings. The summed E-state index contributed by atoms with van der Waals surface area (Å²) in [5, 5.41) is 8.83. The lowest BCUT2D eigenvalue weighted by atomic mass is 10.3. The van der Waals surface area contributed by atoms with Gasteiger partial charge in [0.05, 0.1) is 21.7 Å². The fraction of sp³-hybridized carbons (Fsp3) is 0.105. The van der Waals surface area contributed by atoms with Crippen LogP contribution in [0.15, 0.2) is 59.5 Å². The van der Waals surface area contributed by atoms with E-state index < -0.39 is 0 Å². The quantitative estimate of drug-likeness (QED) is 0.457. The smallest absolute Gasteiger partial charge is 0.235 e. The summed E-state index contributed by atoms with van der Waals surface area (Å²) in [6, 6.07) is 17.2. The molecule has 1 amide bonds. The number of carbonyl (C=O) groups excluding carboxylic acids is 1. The van der Waals surface area contributed by atoms with Gasteiger partial charge >= 0.3 is 0 Å². The van der Waals surface area contributed by atoms with Gasteiger partial charge in [-0.15, -0.1) is 11.8 Å². The lowest BCUT2D eigenvalue weighted by Gasteiger charge is -2.06. The molecule has 0 unspecified atom stereocenters. The van der Waals surface area contributed by atoms with Crippen LogP contribution in [0.2, 0.25) is 5.02 Å². The van der Waals surface area contributed by atoms with Crippen LogP contribution in [0.4, 0.5) is 5.82 Å². The van der Waals surface area contributed by atoms with Crippen molar-refractivity contribution in [2.45, 2.75) is 11.8 Å². The van der Waals surface area contributed by atoms with Gasteiger partial charge in [-0.2, -0.15) is 9.78 Å². The van der Waals surface area contributed by atoms with E-state index >= 15 is 0 Å². The third kappa shape index (κ3) is 4.16. The number of carbonyl (C=O) groups is 1. The summed E-state index contributed by atoms with van der Waals surface area (Å²) in [5.41, 5.74) is 1.73. The Morgan fingerprint density at radius 3 is 2.78 bits per heavy atom. The summed E-state index contributed by atoms with van der Waals surface area (Å²) in [7, 11) is 0. The van der Waals surface area contributed by atoms with Gasteiger partial charge < -0.3 is 5.32 Å². The van der Waals surface area contributed by atoms with Gasteiger partial charge in [-0.1, -0.05) is 35.1 Å². The SMILES string of the molecule is Cc1cc(NC(=O)CSc2ccc(Cl)cc2)n(-c2nc3ccccc3s2)n1. The predicted molar refractivity (Wildman–Crippen MR) is 112 cm³/mol. The number of fused-ring (bicyclic) bond motifs is 1. The molecule has 136 valence electrons. The maximum absolute atomic E-state index is 12.4. The minimum atomic E-state index is -0.0998. The fourth-order valence-corrected chi connectivity index (χ4v) is 4.30. The molecule has 0 saturated carbocycles. The van der Waals surface area contributed by atoms with Crippen molar-refractivity contribution < 1.29 is 4.79 Å². The highest BCUT2D eigenvalue weighted by Gasteiger charge is 2.14. The van der Waals surface area contributed by atoms with Crippen LogP contribution in [0.3, 0.4) is 0 Å². The van der Waals surface area contributed by atoms with Gasteiger partial charge in [0.25, 0.3) is 0 Å². The first-order valence-electron chi connectivity index (χ1n) is 8.19. The Balaban J connectivity index is 1.50. The fourth-order valence-electron chi connectivity index (χ4n) is 2.54. The molecule has 0 saturated heterocycles. The van der Waals surface area contributed by atoms with Crippen molar-refractivity contribution in [1.29, 1.82) is 0 Å². The number of nitrogens with zero attached hydrogens (tertiary/aromatic N) is 3. The third-order valence-electron chi connectivity index (χ3n) is 3.75. The number of thiazole rings is 1. The van der Waals surface area contributed by atoms with Crippen LogP contribution in [0, 0.1) is 6.92 Å². The maximum Gasteiger partial charge on any atom is 0.235 e. The van der Waals surface area contributed by atoms with E-state index in [1.165, 1.54) is 23.1 Å². The molecular formula is C19H15ClN4OS2. The van der Waals surface area contributed by atoms with Crippen molar-refractivity contribution in [2.24, 2.45) is 0 Å². The molecule has 0 aliphatic heterocycles. The lowest BCUT2D eigenvalue weighted by Crippen LogP contribution is -2.16. The molecule has 0 radical (unpaired) electrons. The summed E-state index contributed by atoms with van der Waals surface area (Å²) < 4.78 is 2.77. The van der Waals surface area contributed by atoms with Gasteiger partial charge in [0.15, 0.2) is 0 Å². The van der Waals surface area contributed by atoms with E-state index in [0.717, 1.165) is 25.9 Å². The van der Waals surface area contributed by atoms with E-state index in [1.54, 1.807) is 4.68 Å². The van der Waals surface area contributed by atoms with Crippen LogP contribution in [0.5, 0.6) is 0 Å². The van der Waals surface area contributed by atoms with Gasteiger partial charge in [-0.3, -0.25) is 4.79 Å². The number of aromatic nitrogens is 3. The molecular weight excluding hydrogens is 400 g/mol. The minimum absolute atomic E-state index is 0.0998. The number of aryl methyl sites for hydroxylation is 1. The summed E-state index contributed by atoms with van der Waals surface area (Å²) in [5.74, 6) is 0.816. The van der Waals surface area contributed by atoms with Crippen molar-refractivity contribution in [3.05, 3.63) is 65.3 Å². The molecule has 0 fully saturated rings. The molecule has 4 rings (SSSR count). The highest BCUT2D eigenvalue weighted by atomic mass is 35.5. The summed E-state index contributed by atoms with van der Waals surface area (Å²) in [6.07, 6.45) is 0. The molecule has 0 aliphatic carbocycles. The number of benzene rings is 2. The van der Waals surface area contributed by atoms with E-state index in [-0.39, 0.29) is 5.91 Å². The first-order chi connectivity index (χ1) is 13.1. The van der Waals surface area contributed by atoms with Crippen LogP contribution >= 0.6 is 34.7 Å². The molecule has 1 N–H and O–H groups in total. The van der Waals surface area contributed by atoms with Crippen molar-refractivity contribution >= 4 is 56.6 Å². The molecule has 0 spiro atoms. The topological polar surface area (TPSA) is 59.8 Å². The molecule has 0 atom stereocenters. The highest BCUT2D eigenvalue weighted by molar-refractivity contribution is 8.00. The number of halogens is 1. The molecule has 8 heteroatoms. The number of para-hydroxylation sites is 1.